The molecule has 46 heavy (non-hydrogen) atoms. The normalized spacial score (nSPS) is 12.2. The van der Waals surface area contributed by atoms with Crippen molar-refractivity contribution in [1.82, 2.24) is 10.2 Å². The number of aryl methyl sites for hydroxylation is 1. The number of nitrogens with one attached hydrogen (secondary N) is 1. The quantitative estimate of drug-likeness (QED) is 0.166. The van der Waals surface area contributed by atoms with E-state index < -0.39 is 28.5 Å². The minimum absolute atomic E-state index is 0.0799. The number of nitrogens with zero attached hydrogens (tertiary/aromatic N) is 2. The Morgan fingerprint density at radius 1 is 0.739 bits per heavy atom. The second-order valence-electron chi connectivity index (χ2n) is 12.4. The van der Waals surface area contributed by atoms with Crippen LogP contribution in [-0.4, -0.2) is 44.3 Å². The maximum absolute atomic E-state index is 14.6. The molecule has 0 radical (unpaired) electrons. The van der Waals surface area contributed by atoms with Gasteiger partial charge in [-0.05, 0) is 59.7 Å². The highest BCUT2D eigenvalue weighted by Gasteiger charge is 2.34. The Hall–Kier alpha value is -4.43. The summed E-state index contributed by atoms with van der Waals surface area (Å²) in [5, 5.41) is 3.03. The van der Waals surface area contributed by atoms with Crippen molar-refractivity contribution in [3.63, 3.8) is 0 Å². The van der Waals surface area contributed by atoms with Gasteiger partial charge >= 0.3 is 0 Å². The molecule has 0 saturated carbocycles. The first-order valence-corrected chi connectivity index (χ1v) is 17.2. The van der Waals surface area contributed by atoms with E-state index in [1.165, 1.54) is 17.0 Å². The van der Waals surface area contributed by atoms with Crippen LogP contribution in [0.1, 0.15) is 55.9 Å². The van der Waals surface area contributed by atoms with Gasteiger partial charge < -0.3 is 10.2 Å². The summed E-state index contributed by atoms with van der Waals surface area (Å²) in [5.41, 5.74) is 4.24. The Kier molecular flexibility index (Phi) is 11.8. The zero-order valence-corrected chi connectivity index (χ0v) is 28.2. The molecule has 4 aromatic rings. The number of rotatable bonds is 14. The highest BCUT2D eigenvalue weighted by atomic mass is 32.2. The third-order valence-corrected chi connectivity index (χ3v) is 9.68. The van der Waals surface area contributed by atoms with Crippen molar-refractivity contribution in [3.05, 3.63) is 131 Å². The van der Waals surface area contributed by atoms with E-state index in [1.807, 2.05) is 87.5 Å². The van der Waals surface area contributed by atoms with Crippen molar-refractivity contribution in [3.8, 4) is 0 Å². The van der Waals surface area contributed by atoms with Gasteiger partial charge in [0.15, 0.2) is 0 Å². The van der Waals surface area contributed by atoms with Gasteiger partial charge in [-0.2, -0.15) is 0 Å². The molecule has 1 N–H and O–H groups in total. The summed E-state index contributed by atoms with van der Waals surface area (Å²) < 4.78 is 29.5. The molecule has 1 atom stereocenters. The Bertz CT molecular complexity index is 1670. The molecular weight excluding hydrogens is 595 g/mol. The number of carbonyl (C=O) groups is 2. The predicted molar refractivity (Wildman–Crippen MR) is 185 cm³/mol. The lowest BCUT2D eigenvalue weighted by atomic mass is 10.0. The molecule has 0 heterocycles. The molecule has 0 aliphatic heterocycles. The third kappa shape index (κ3) is 9.07. The fraction of sp³-hybridized carbons (Fsp3) is 0.316. The summed E-state index contributed by atoms with van der Waals surface area (Å²) in [6.07, 6.45) is 0.275. The van der Waals surface area contributed by atoms with Crippen LogP contribution in [0.4, 0.5) is 5.69 Å². The van der Waals surface area contributed by atoms with E-state index >= 15 is 0 Å². The summed E-state index contributed by atoms with van der Waals surface area (Å²) in [4.78, 5) is 30.1. The van der Waals surface area contributed by atoms with Gasteiger partial charge in [0.1, 0.15) is 12.6 Å². The molecule has 4 rings (SSSR count). The molecule has 0 aliphatic carbocycles. The summed E-state index contributed by atoms with van der Waals surface area (Å²) >= 11 is 0. The van der Waals surface area contributed by atoms with Crippen LogP contribution in [0.25, 0.3) is 0 Å². The second-order valence-corrected chi connectivity index (χ2v) is 14.3. The SMILES string of the molecule is Cc1ccc(CN(C(=O)CN(c2ccc(C(C)C)cc2)S(=O)(=O)c2ccccc2)[C@H](Cc2ccccc2)C(=O)NCC(C)C)cc1. The smallest absolute Gasteiger partial charge is 0.264 e. The Morgan fingerprint density at radius 3 is 1.89 bits per heavy atom. The fourth-order valence-electron chi connectivity index (χ4n) is 5.14. The first kappa shape index (κ1) is 34.4. The van der Waals surface area contributed by atoms with Gasteiger partial charge in [-0.25, -0.2) is 8.42 Å². The van der Waals surface area contributed by atoms with E-state index in [4.69, 9.17) is 0 Å². The van der Waals surface area contributed by atoms with Crippen LogP contribution < -0.4 is 9.62 Å². The molecule has 7 nitrogen and oxygen atoms in total. The summed E-state index contributed by atoms with van der Waals surface area (Å²) in [6, 6.07) is 31.9. The van der Waals surface area contributed by atoms with Crippen molar-refractivity contribution in [2.24, 2.45) is 5.92 Å². The van der Waals surface area contributed by atoms with E-state index in [0.29, 0.717) is 12.2 Å². The van der Waals surface area contributed by atoms with Crippen molar-refractivity contribution in [2.45, 2.75) is 64.4 Å². The van der Waals surface area contributed by atoms with E-state index in [0.717, 1.165) is 26.6 Å². The predicted octanol–water partition coefficient (Wildman–Crippen LogP) is 6.73. The van der Waals surface area contributed by atoms with Crippen molar-refractivity contribution in [1.29, 1.82) is 0 Å². The molecule has 0 fully saturated rings. The topological polar surface area (TPSA) is 86.8 Å². The number of anilines is 1. The van der Waals surface area contributed by atoms with E-state index in [2.05, 4.69) is 19.2 Å². The van der Waals surface area contributed by atoms with Crippen LogP contribution >= 0.6 is 0 Å². The molecular formula is C38H45N3O4S. The molecule has 0 unspecified atom stereocenters. The van der Waals surface area contributed by atoms with Crippen LogP contribution in [0.15, 0.2) is 114 Å². The maximum Gasteiger partial charge on any atom is 0.264 e. The number of carbonyl (C=O) groups excluding carboxylic acids is 2. The Balaban J connectivity index is 1.79. The van der Waals surface area contributed by atoms with Crippen LogP contribution in [0.5, 0.6) is 0 Å². The molecule has 0 aromatic heterocycles. The molecule has 242 valence electrons. The molecule has 8 heteroatoms. The van der Waals surface area contributed by atoms with Gasteiger partial charge in [0.05, 0.1) is 10.6 Å². The van der Waals surface area contributed by atoms with Crippen molar-refractivity contribution in [2.75, 3.05) is 17.4 Å². The van der Waals surface area contributed by atoms with Crippen LogP contribution in [0, 0.1) is 12.8 Å². The highest BCUT2D eigenvalue weighted by molar-refractivity contribution is 7.92. The van der Waals surface area contributed by atoms with Gasteiger partial charge in [0.25, 0.3) is 10.0 Å². The summed E-state index contributed by atoms with van der Waals surface area (Å²) in [5.74, 6) is -0.295. The molecule has 0 saturated heterocycles. The zero-order valence-electron chi connectivity index (χ0n) is 27.4. The van der Waals surface area contributed by atoms with Gasteiger partial charge in [-0.1, -0.05) is 118 Å². The zero-order chi connectivity index (χ0) is 33.3. The maximum atomic E-state index is 14.6. The average Bonchev–Trinajstić information content (AvgIpc) is 3.05. The molecule has 0 spiro atoms. The average molecular weight is 640 g/mol. The highest BCUT2D eigenvalue weighted by Crippen LogP contribution is 2.27. The molecule has 0 aliphatic rings. The number of hydrogen-bond donors (Lipinski definition) is 1. The largest absolute Gasteiger partial charge is 0.354 e. The summed E-state index contributed by atoms with van der Waals surface area (Å²) in [6.45, 7) is 10.3. The number of sulfonamides is 1. The van der Waals surface area contributed by atoms with E-state index in [-0.39, 0.29) is 35.6 Å². The van der Waals surface area contributed by atoms with Crippen LogP contribution in [0.3, 0.4) is 0 Å². The van der Waals surface area contributed by atoms with Gasteiger partial charge in [0, 0.05) is 19.5 Å². The van der Waals surface area contributed by atoms with Crippen LogP contribution in [0.2, 0.25) is 0 Å². The second kappa shape index (κ2) is 15.7. The number of amides is 2. The lowest BCUT2D eigenvalue weighted by Gasteiger charge is -2.34. The summed E-state index contributed by atoms with van der Waals surface area (Å²) in [7, 11) is -4.14. The lowest BCUT2D eigenvalue weighted by molar-refractivity contribution is -0.140. The molecule has 2 amide bonds. The van der Waals surface area contributed by atoms with Crippen molar-refractivity contribution < 1.29 is 18.0 Å². The Labute approximate surface area is 274 Å². The van der Waals surface area contributed by atoms with E-state index in [1.54, 1.807) is 30.3 Å². The van der Waals surface area contributed by atoms with Crippen LogP contribution in [-0.2, 0) is 32.6 Å². The minimum Gasteiger partial charge on any atom is -0.354 e. The fourth-order valence-corrected chi connectivity index (χ4v) is 6.58. The monoisotopic (exact) mass is 639 g/mol. The Morgan fingerprint density at radius 2 is 1.33 bits per heavy atom. The number of benzene rings is 4. The standard InChI is InChI=1S/C38H45N3O4S/c1-28(2)25-39-38(43)36(24-31-12-8-6-9-13-31)40(26-32-18-16-30(5)17-19-32)37(42)27-41(34-22-20-33(21-23-34)29(3)4)46(44,45)35-14-10-7-11-15-35/h6-23,28-29,36H,24-27H2,1-5H3,(H,39,43)/t36-/m1/s1. The minimum atomic E-state index is -4.14. The number of hydrogen-bond acceptors (Lipinski definition) is 4. The third-order valence-electron chi connectivity index (χ3n) is 7.89. The van der Waals surface area contributed by atoms with E-state index in [9.17, 15) is 18.0 Å². The first-order valence-electron chi connectivity index (χ1n) is 15.8. The van der Waals surface area contributed by atoms with Gasteiger partial charge in [0.2, 0.25) is 11.8 Å². The lowest BCUT2D eigenvalue weighted by Crippen LogP contribution is -2.53. The van der Waals surface area contributed by atoms with Crippen molar-refractivity contribution >= 4 is 27.5 Å². The van der Waals surface area contributed by atoms with Gasteiger partial charge in [-0.3, -0.25) is 13.9 Å². The molecule has 4 aromatic carbocycles. The van der Waals surface area contributed by atoms with Gasteiger partial charge in [-0.15, -0.1) is 0 Å². The first-order chi connectivity index (χ1) is 22.0. The molecule has 0 bridgehead atoms.